The van der Waals surface area contributed by atoms with Gasteiger partial charge < -0.3 is 19.7 Å². The fourth-order valence-electron chi connectivity index (χ4n) is 3.50. The van der Waals surface area contributed by atoms with Crippen molar-refractivity contribution in [1.82, 2.24) is 14.9 Å². The van der Waals surface area contributed by atoms with Gasteiger partial charge in [0.15, 0.2) is 0 Å². The Labute approximate surface area is 166 Å². The number of carbonyl (C=O) groups excluding carboxylic acids is 1. The summed E-state index contributed by atoms with van der Waals surface area (Å²) in [6, 6.07) is 10.0. The van der Waals surface area contributed by atoms with Crippen LogP contribution in [0.1, 0.15) is 49.3 Å². The molecule has 0 saturated heterocycles. The first kappa shape index (κ1) is 20.6. The summed E-state index contributed by atoms with van der Waals surface area (Å²) in [5.74, 6) is 1.04. The van der Waals surface area contributed by atoms with Crippen molar-refractivity contribution in [3.05, 3.63) is 41.7 Å². The second-order valence-corrected chi connectivity index (χ2v) is 7.85. The van der Waals surface area contributed by atoms with Crippen molar-refractivity contribution in [2.45, 2.75) is 52.2 Å². The Morgan fingerprint density at radius 1 is 1.21 bits per heavy atom. The minimum Gasteiger partial charge on any atom is -0.389 e. The van der Waals surface area contributed by atoms with Gasteiger partial charge in [0.05, 0.1) is 18.4 Å². The van der Waals surface area contributed by atoms with Gasteiger partial charge in [-0.05, 0) is 25.2 Å². The summed E-state index contributed by atoms with van der Waals surface area (Å²) in [7, 11) is 0. The number of nitrogens with zero attached hydrogens (tertiary/aromatic N) is 2. The molecule has 0 unspecified atom stereocenters. The summed E-state index contributed by atoms with van der Waals surface area (Å²) in [6.07, 6.45) is 3.44. The molecule has 6 heteroatoms. The summed E-state index contributed by atoms with van der Waals surface area (Å²) in [5.41, 5.74) is 2.50. The maximum atomic E-state index is 12.8. The monoisotopic (exact) mass is 385 g/mol. The zero-order valence-corrected chi connectivity index (χ0v) is 16.9. The van der Waals surface area contributed by atoms with E-state index in [4.69, 9.17) is 9.72 Å². The van der Waals surface area contributed by atoms with Gasteiger partial charge in [-0.1, -0.05) is 50.6 Å². The Balaban J connectivity index is 1.72. The number of amides is 1. The molecule has 0 spiro atoms. The molecule has 0 fully saturated rings. The van der Waals surface area contributed by atoms with Crippen molar-refractivity contribution < 1.29 is 14.6 Å². The predicted octanol–water partition coefficient (Wildman–Crippen LogP) is 3.04. The average molecular weight is 386 g/mol. The number of aliphatic hydroxyl groups is 1. The Hall–Kier alpha value is -2.18. The third-order valence-electron chi connectivity index (χ3n) is 4.87. The van der Waals surface area contributed by atoms with Crippen molar-refractivity contribution in [1.29, 1.82) is 0 Å². The number of hydrogen-bond donors (Lipinski definition) is 2. The molecule has 1 aliphatic heterocycles. The Bertz CT molecular complexity index is 771. The molecule has 2 heterocycles. The van der Waals surface area contributed by atoms with Crippen molar-refractivity contribution >= 4 is 5.91 Å². The van der Waals surface area contributed by atoms with Gasteiger partial charge in [0.1, 0.15) is 11.5 Å². The van der Waals surface area contributed by atoms with Crippen LogP contribution in [0.15, 0.2) is 30.3 Å². The number of ether oxygens (including phenoxy) is 1. The minimum absolute atomic E-state index is 0.157. The molecule has 6 nitrogen and oxygen atoms in total. The van der Waals surface area contributed by atoms with Crippen LogP contribution in [0.3, 0.4) is 0 Å². The minimum atomic E-state index is -0.725. The standard InChI is InChI=1S/C22H31N3O3/c1-16(2)14-28-15-18(26)13-23-22(27)20-19-11-7-4-8-12-25(19)21(24-20)17-9-5-3-6-10-17/h3,5-6,9-10,16,18,26H,4,7-8,11-15H2,1-2H3,(H,23,27)/t18-/m1/s1. The first-order valence-corrected chi connectivity index (χ1v) is 10.2. The van der Waals surface area contributed by atoms with E-state index in [2.05, 4.69) is 23.7 Å². The van der Waals surface area contributed by atoms with Gasteiger partial charge >= 0.3 is 0 Å². The maximum Gasteiger partial charge on any atom is 0.271 e. The van der Waals surface area contributed by atoms with Gasteiger partial charge in [0, 0.05) is 25.3 Å². The van der Waals surface area contributed by atoms with E-state index in [9.17, 15) is 9.90 Å². The fraction of sp³-hybridized carbons (Fsp3) is 0.545. The molecule has 1 aromatic heterocycles. The lowest BCUT2D eigenvalue weighted by Crippen LogP contribution is -2.35. The number of hydrogen-bond acceptors (Lipinski definition) is 4. The molecule has 28 heavy (non-hydrogen) atoms. The van der Waals surface area contributed by atoms with Gasteiger partial charge in [0.2, 0.25) is 0 Å². The van der Waals surface area contributed by atoms with Gasteiger partial charge in [-0.15, -0.1) is 0 Å². The summed E-state index contributed by atoms with van der Waals surface area (Å²) >= 11 is 0. The van der Waals surface area contributed by atoms with Crippen LogP contribution >= 0.6 is 0 Å². The van der Waals surface area contributed by atoms with Crippen molar-refractivity contribution in [3.63, 3.8) is 0 Å². The Morgan fingerprint density at radius 2 is 2.00 bits per heavy atom. The van der Waals surface area contributed by atoms with Crippen LogP contribution in [-0.4, -0.2) is 46.4 Å². The number of rotatable bonds is 8. The van der Waals surface area contributed by atoms with Crippen LogP contribution in [0.2, 0.25) is 0 Å². The normalized spacial score (nSPS) is 15.1. The number of imidazole rings is 1. The highest BCUT2D eigenvalue weighted by Crippen LogP contribution is 2.27. The first-order chi connectivity index (χ1) is 13.6. The zero-order valence-electron chi connectivity index (χ0n) is 16.9. The summed E-state index contributed by atoms with van der Waals surface area (Å²) in [5, 5.41) is 12.9. The highest BCUT2D eigenvalue weighted by Gasteiger charge is 2.24. The van der Waals surface area contributed by atoms with Crippen molar-refractivity contribution in [3.8, 4) is 11.4 Å². The van der Waals surface area contributed by atoms with Gasteiger partial charge in [-0.3, -0.25) is 4.79 Å². The van der Waals surface area contributed by atoms with E-state index < -0.39 is 6.10 Å². The van der Waals surface area contributed by atoms with E-state index in [1.165, 1.54) is 0 Å². The number of fused-ring (bicyclic) bond motifs is 1. The van der Waals surface area contributed by atoms with Crippen LogP contribution in [0.25, 0.3) is 11.4 Å². The van der Waals surface area contributed by atoms with E-state index in [1.807, 2.05) is 30.3 Å². The quantitative estimate of drug-likeness (QED) is 0.732. The van der Waals surface area contributed by atoms with Crippen LogP contribution in [0, 0.1) is 5.92 Å². The summed E-state index contributed by atoms with van der Waals surface area (Å²) in [4.78, 5) is 17.5. The molecule has 1 atom stereocenters. The van der Waals surface area contributed by atoms with E-state index in [0.717, 1.165) is 49.3 Å². The van der Waals surface area contributed by atoms with Crippen LogP contribution in [0.5, 0.6) is 0 Å². The van der Waals surface area contributed by atoms with Gasteiger partial charge in [-0.2, -0.15) is 0 Å². The van der Waals surface area contributed by atoms with E-state index in [1.54, 1.807) is 0 Å². The molecule has 3 rings (SSSR count). The first-order valence-electron chi connectivity index (χ1n) is 10.2. The largest absolute Gasteiger partial charge is 0.389 e. The maximum absolute atomic E-state index is 12.8. The molecule has 0 radical (unpaired) electrons. The van der Waals surface area contributed by atoms with Gasteiger partial charge in [0.25, 0.3) is 5.91 Å². The highest BCUT2D eigenvalue weighted by atomic mass is 16.5. The molecule has 2 N–H and O–H groups in total. The molecule has 1 aliphatic rings. The smallest absolute Gasteiger partial charge is 0.271 e. The van der Waals surface area contributed by atoms with E-state index >= 15 is 0 Å². The van der Waals surface area contributed by atoms with Crippen molar-refractivity contribution in [2.24, 2.45) is 5.92 Å². The SMILES string of the molecule is CC(C)COC[C@H](O)CNC(=O)c1nc(-c2ccccc2)n2c1CCCCC2. The lowest BCUT2D eigenvalue weighted by Gasteiger charge is -2.13. The molecule has 1 aromatic carbocycles. The fourth-order valence-corrected chi connectivity index (χ4v) is 3.50. The molecule has 0 bridgehead atoms. The predicted molar refractivity (Wildman–Crippen MR) is 109 cm³/mol. The topological polar surface area (TPSA) is 76.4 Å². The van der Waals surface area contributed by atoms with E-state index in [0.29, 0.717) is 18.2 Å². The number of carbonyl (C=O) groups is 1. The molecule has 2 aromatic rings. The Kier molecular flexibility index (Phi) is 7.23. The third kappa shape index (κ3) is 5.20. The zero-order chi connectivity index (χ0) is 19.9. The molecule has 0 aliphatic carbocycles. The molecule has 1 amide bonds. The van der Waals surface area contributed by atoms with Crippen LogP contribution in [0.4, 0.5) is 0 Å². The molecular weight excluding hydrogens is 354 g/mol. The molecule has 0 saturated carbocycles. The second kappa shape index (κ2) is 9.85. The number of aliphatic hydroxyl groups excluding tert-OH is 1. The van der Waals surface area contributed by atoms with E-state index in [-0.39, 0.29) is 19.1 Å². The van der Waals surface area contributed by atoms with Crippen molar-refractivity contribution in [2.75, 3.05) is 19.8 Å². The Morgan fingerprint density at radius 3 is 2.75 bits per heavy atom. The summed E-state index contributed by atoms with van der Waals surface area (Å²) < 4.78 is 7.64. The summed E-state index contributed by atoms with van der Waals surface area (Å²) in [6.45, 7) is 5.97. The van der Waals surface area contributed by atoms with Gasteiger partial charge in [-0.25, -0.2) is 4.98 Å². The number of aromatic nitrogens is 2. The molecule has 152 valence electrons. The molecular formula is C22H31N3O3. The number of nitrogens with one attached hydrogen (secondary N) is 1. The number of benzene rings is 1. The third-order valence-corrected chi connectivity index (χ3v) is 4.87. The lowest BCUT2D eigenvalue weighted by molar-refractivity contribution is 0.0259. The average Bonchev–Trinajstić information content (AvgIpc) is 2.88. The second-order valence-electron chi connectivity index (χ2n) is 7.85. The highest BCUT2D eigenvalue weighted by molar-refractivity contribution is 5.94. The van der Waals surface area contributed by atoms with Crippen LogP contribution in [-0.2, 0) is 17.7 Å². The van der Waals surface area contributed by atoms with Crippen LogP contribution < -0.4 is 5.32 Å². The lowest BCUT2D eigenvalue weighted by atomic mass is 10.1.